The fourth-order valence-corrected chi connectivity index (χ4v) is 1.89. The Hall–Kier alpha value is -2.43. The third-order valence-electron chi connectivity index (χ3n) is 2.86. The van der Waals surface area contributed by atoms with Crippen LogP contribution in [0.3, 0.4) is 0 Å². The Morgan fingerprint density at radius 2 is 1.52 bits per heavy atom. The molecule has 0 unspecified atom stereocenters. The number of rotatable bonds is 8. The van der Waals surface area contributed by atoms with Gasteiger partial charge in [-0.05, 0) is 60.8 Å². The van der Waals surface area contributed by atoms with E-state index in [-0.39, 0.29) is 6.61 Å². The van der Waals surface area contributed by atoms with E-state index < -0.39 is 35.4 Å². The molecule has 0 fully saturated rings. The number of carbonyl (C=O) groups is 3. The Kier molecular flexibility index (Phi) is 10.3. The average molecular weight is 384 g/mol. The van der Waals surface area contributed by atoms with Gasteiger partial charge in [-0.3, -0.25) is 0 Å². The zero-order valence-corrected chi connectivity index (χ0v) is 17.1. The minimum absolute atomic E-state index is 0.175. The molecule has 1 atom stereocenters. The summed E-state index contributed by atoms with van der Waals surface area (Å²) in [7, 11) is 0. The molecule has 2 amide bonds. The van der Waals surface area contributed by atoms with Gasteiger partial charge in [0.05, 0.1) is 0 Å². The van der Waals surface area contributed by atoms with Crippen LogP contribution >= 0.6 is 0 Å². The van der Waals surface area contributed by atoms with Gasteiger partial charge in [0.1, 0.15) is 17.2 Å². The van der Waals surface area contributed by atoms with Crippen molar-refractivity contribution in [2.24, 2.45) is 0 Å². The molecule has 27 heavy (non-hydrogen) atoms. The number of hydrogen-bond acceptors (Lipinski definition) is 6. The highest BCUT2D eigenvalue weighted by atomic mass is 16.6. The number of terminal acetylenes is 1. The average Bonchev–Trinajstić information content (AvgIpc) is 2.47. The van der Waals surface area contributed by atoms with Gasteiger partial charge in [-0.1, -0.05) is 5.92 Å². The van der Waals surface area contributed by atoms with E-state index in [2.05, 4.69) is 16.6 Å². The molecule has 0 rings (SSSR count). The van der Waals surface area contributed by atoms with Crippen molar-refractivity contribution in [2.45, 2.75) is 78.0 Å². The lowest BCUT2D eigenvalue weighted by atomic mass is 10.1. The number of nitrogens with one attached hydrogen (secondary N) is 2. The van der Waals surface area contributed by atoms with E-state index in [1.807, 2.05) is 0 Å². The summed E-state index contributed by atoms with van der Waals surface area (Å²) in [6, 6.07) is -0.880. The summed E-state index contributed by atoms with van der Waals surface area (Å²) in [5, 5.41) is 5.13. The fraction of sp³-hybridized carbons (Fsp3) is 0.737. The maximum Gasteiger partial charge on any atom is 0.408 e. The maximum atomic E-state index is 12.1. The van der Waals surface area contributed by atoms with Gasteiger partial charge in [0.2, 0.25) is 0 Å². The Bertz CT molecular complexity index is 540. The summed E-state index contributed by atoms with van der Waals surface area (Å²) >= 11 is 0. The van der Waals surface area contributed by atoms with E-state index in [0.29, 0.717) is 25.8 Å². The summed E-state index contributed by atoms with van der Waals surface area (Å²) in [6.07, 6.45) is 5.34. The van der Waals surface area contributed by atoms with Gasteiger partial charge in [-0.15, -0.1) is 6.42 Å². The monoisotopic (exact) mass is 384 g/mol. The predicted octanol–water partition coefficient (Wildman–Crippen LogP) is 2.75. The zero-order valence-electron chi connectivity index (χ0n) is 17.1. The van der Waals surface area contributed by atoms with Gasteiger partial charge in [0, 0.05) is 6.54 Å². The van der Waals surface area contributed by atoms with Gasteiger partial charge < -0.3 is 24.8 Å². The third-order valence-corrected chi connectivity index (χ3v) is 2.86. The SMILES string of the molecule is C#CCOC(=O)[C@H](CCCCNC(=O)OC(C)(C)C)NC(=O)OC(C)(C)C. The molecule has 0 aromatic carbocycles. The number of unbranched alkanes of at least 4 members (excludes halogenated alkanes) is 1. The van der Waals surface area contributed by atoms with Crippen LogP contribution in [0.5, 0.6) is 0 Å². The molecule has 0 aromatic rings. The molecule has 154 valence electrons. The van der Waals surface area contributed by atoms with Crippen molar-refractivity contribution in [1.82, 2.24) is 10.6 Å². The second-order valence-corrected chi connectivity index (χ2v) is 7.94. The van der Waals surface area contributed by atoms with Crippen molar-refractivity contribution in [1.29, 1.82) is 0 Å². The first kappa shape index (κ1) is 24.6. The Balaban J connectivity index is 4.43. The van der Waals surface area contributed by atoms with Gasteiger partial charge in [0.25, 0.3) is 0 Å². The van der Waals surface area contributed by atoms with E-state index in [9.17, 15) is 14.4 Å². The van der Waals surface area contributed by atoms with Crippen LogP contribution in [0.15, 0.2) is 0 Å². The van der Waals surface area contributed by atoms with E-state index in [1.165, 1.54) is 0 Å². The molecule has 0 aliphatic carbocycles. The molecule has 8 heteroatoms. The van der Waals surface area contributed by atoms with Crippen LogP contribution in [0.2, 0.25) is 0 Å². The smallest absolute Gasteiger partial charge is 0.408 e. The number of hydrogen-bond donors (Lipinski definition) is 2. The Morgan fingerprint density at radius 3 is 2.04 bits per heavy atom. The van der Waals surface area contributed by atoms with E-state index in [0.717, 1.165) is 0 Å². The molecule has 0 spiro atoms. The van der Waals surface area contributed by atoms with E-state index in [4.69, 9.17) is 20.6 Å². The second kappa shape index (κ2) is 11.3. The largest absolute Gasteiger partial charge is 0.451 e. The Labute approximate surface area is 161 Å². The molecule has 0 saturated carbocycles. The number of esters is 1. The van der Waals surface area contributed by atoms with E-state index >= 15 is 0 Å². The molecule has 0 aromatic heterocycles. The molecule has 0 heterocycles. The number of alkyl carbamates (subject to hydrolysis) is 2. The summed E-state index contributed by atoms with van der Waals surface area (Å²) in [5.74, 6) is 1.58. The predicted molar refractivity (Wildman–Crippen MR) is 101 cm³/mol. The highest BCUT2D eigenvalue weighted by molar-refractivity contribution is 5.81. The molecular weight excluding hydrogens is 352 g/mol. The molecule has 0 radical (unpaired) electrons. The summed E-state index contributed by atoms with van der Waals surface area (Å²) in [5.41, 5.74) is -1.25. The van der Waals surface area contributed by atoms with Crippen LogP contribution in [-0.4, -0.2) is 48.6 Å². The van der Waals surface area contributed by atoms with Crippen LogP contribution in [0.25, 0.3) is 0 Å². The number of carbonyl (C=O) groups excluding carboxylic acids is 3. The molecular formula is C19H32N2O6. The quantitative estimate of drug-likeness (QED) is 0.289. The maximum absolute atomic E-state index is 12.1. The first-order chi connectivity index (χ1) is 12.3. The molecule has 0 saturated heterocycles. The van der Waals surface area contributed by atoms with Crippen LogP contribution in [0.1, 0.15) is 60.8 Å². The van der Waals surface area contributed by atoms with Crippen molar-refractivity contribution >= 4 is 18.2 Å². The van der Waals surface area contributed by atoms with Crippen molar-refractivity contribution in [2.75, 3.05) is 13.2 Å². The first-order valence-corrected chi connectivity index (χ1v) is 8.90. The zero-order chi connectivity index (χ0) is 21.1. The van der Waals surface area contributed by atoms with Gasteiger partial charge in [0.15, 0.2) is 6.61 Å². The van der Waals surface area contributed by atoms with Gasteiger partial charge in [-0.25, -0.2) is 14.4 Å². The highest BCUT2D eigenvalue weighted by Gasteiger charge is 2.25. The molecule has 0 bridgehead atoms. The van der Waals surface area contributed by atoms with E-state index in [1.54, 1.807) is 41.5 Å². The highest BCUT2D eigenvalue weighted by Crippen LogP contribution is 2.09. The lowest BCUT2D eigenvalue weighted by molar-refractivity contribution is -0.144. The van der Waals surface area contributed by atoms with Crippen molar-refractivity contribution < 1.29 is 28.6 Å². The normalized spacial score (nSPS) is 12.3. The van der Waals surface area contributed by atoms with Crippen molar-refractivity contribution in [3.63, 3.8) is 0 Å². The van der Waals surface area contributed by atoms with Gasteiger partial charge in [-0.2, -0.15) is 0 Å². The second-order valence-electron chi connectivity index (χ2n) is 7.94. The number of ether oxygens (including phenoxy) is 3. The lowest BCUT2D eigenvalue weighted by Crippen LogP contribution is -2.44. The molecule has 0 aliphatic heterocycles. The fourth-order valence-electron chi connectivity index (χ4n) is 1.89. The number of amides is 2. The van der Waals surface area contributed by atoms with Crippen molar-refractivity contribution in [3.8, 4) is 12.3 Å². The van der Waals surface area contributed by atoms with Crippen LogP contribution in [0, 0.1) is 12.3 Å². The van der Waals surface area contributed by atoms with Gasteiger partial charge >= 0.3 is 18.2 Å². The van der Waals surface area contributed by atoms with Crippen LogP contribution in [0.4, 0.5) is 9.59 Å². The summed E-state index contributed by atoms with van der Waals surface area (Å²) in [4.78, 5) is 35.5. The first-order valence-electron chi connectivity index (χ1n) is 8.90. The molecule has 2 N–H and O–H groups in total. The minimum atomic E-state index is -0.880. The van der Waals surface area contributed by atoms with Crippen molar-refractivity contribution in [3.05, 3.63) is 0 Å². The van der Waals surface area contributed by atoms with Crippen LogP contribution < -0.4 is 10.6 Å². The Morgan fingerprint density at radius 1 is 0.963 bits per heavy atom. The van der Waals surface area contributed by atoms with Crippen LogP contribution in [-0.2, 0) is 19.0 Å². The third kappa shape index (κ3) is 14.4. The topological polar surface area (TPSA) is 103 Å². The molecule has 8 nitrogen and oxygen atoms in total. The lowest BCUT2D eigenvalue weighted by Gasteiger charge is -2.23. The molecule has 0 aliphatic rings. The summed E-state index contributed by atoms with van der Waals surface area (Å²) < 4.78 is 15.2. The minimum Gasteiger partial charge on any atom is -0.451 e. The summed E-state index contributed by atoms with van der Waals surface area (Å²) in [6.45, 7) is 10.7. The standard InChI is InChI=1S/C19H32N2O6/c1-8-13-25-15(22)14(21-17(24)27-19(5,6)7)11-9-10-12-20-16(23)26-18(2,3)4/h1,14H,9-13H2,2-7H3,(H,20,23)(H,21,24)/t14-/m0/s1.